The van der Waals surface area contributed by atoms with Gasteiger partial charge < -0.3 is 20.5 Å². The minimum Gasteiger partial charge on any atom is -0.394 e. The van der Waals surface area contributed by atoms with Gasteiger partial charge in [0, 0.05) is 18.5 Å². The van der Waals surface area contributed by atoms with Gasteiger partial charge in [0.15, 0.2) is 0 Å². The molecule has 0 spiro atoms. The minimum atomic E-state index is -0.607. The number of benzene rings is 1. The van der Waals surface area contributed by atoms with Gasteiger partial charge in [0.25, 0.3) is 0 Å². The Morgan fingerprint density at radius 1 is 1.24 bits per heavy atom. The molecule has 1 aliphatic heterocycles. The van der Waals surface area contributed by atoms with Crippen molar-refractivity contribution in [3.05, 3.63) is 47.8 Å². The Hall–Kier alpha value is -2.25. The van der Waals surface area contributed by atoms with E-state index in [1.54, 1.807) is 37.3 Å². The maximum absolute atomic E-state index is 13.5. The summed E-state index contributed by atoms with van der Waals surface area (Å²) in [5.74, 6) is -0.796. The fourth-order valence-corrected chi connectivity index (χ4v) is 2.51. The molecule has 1 aromatic carbocycles. The molecule has 0 saturated heterocycles. The number of rotatable bonds is 7. The zero-order chi connectivity index (χ0) is 18.2. The third-order valence-electron chi connectivity index (χ3n) is 3.93. The highest BCUT2D eigenvalue weighted by atomic mass is 19.1. The summed E-state index contributed by atoms with van der Waals surface area (Å²) in [6, 6.07) is 5.81. The molecule has 0 saturated carbocycles. The maximum Gasteiger partial charge on any atom is 0.223 e. The van der Waals surface area contributed by atoms with E-state index in [0.717, 1.165) is 0 Å². The first kappa shape index (κ1) is 19.1. The summed E-state index contributed by atoms with van der Waals surface area (Å²) in [5, 5.41) is 14.8. The average molecular weight is 350 g/mol. The molecular formula is C18H23FN2O4. The third kappa shape index (κ3) is 5.65. The van der Waals surface area contributed by atoms with E-state index in [-0.39, 0.29) is 37.2 Å². The van der Waals surface area contributed by atoms with Gasteiger partial charge in [-0.15, -0.1) is 0 Å². The predicted molar refractivity (Wildman–Crippen MR) is 90.0 cm³/mol. The second-order valence-electron chi connectivity index (χ2n) is 5.80. The summed E-state index contributed by atoms with van der Waals surface area (Å²) in [5.41, 5.74) is 0.409. The number of amides is 2. The quantitative estimate of drug-likeness (QED) is 0.641. The van der Waals surface area contributed by atoms with Gasteiger partial charge in [-0.2, -0.15) is 0 Å². The molecule has 1 heterocycles. The van der Waals surface area contributed by atoms with Crippen LogP contribution in [-0.4, -0.2) is 41.8 Å². The molecular weight excluding hydrogens is 327 g/mol. The van der Waals surface area contributed by atoms with Crippen LogP contribution in [0.1, 0.15) is 25.3 Å². The Bertz CT molecular complexity index is 635. The van der Waals surface area contributed by atoms with Crippen LogP contribution in [0.25, 0.3) is 0 Å². The van der Waals surface area contributed by atoms with Crippen LogP contribution in [0.4, 0.5) is 4.39 Å². The summed E-state index contributed by atoms with van der Waals surface area (Å²) in [6.45, 7) is 1.56. The summed E-state index contributed by atoms with van der Waals surface area (Å²) in [6.07, 6.45) is 2.69. The second-order valence-corrected chi connectivity index (χ2v) is 5.80. The molecule has 136 valence electrons. The number of carbonyl (C=O) groups is 2. The molecule has 2 amide bonds. The number of hydrogen-bond acceptors (Lipinski definition) is 4. The van der Waals surface area contributed by atoms with Crippen LogP contribution < -0.4 is 10.6 Å². The van der Waals surface area contributed by atoms with Crippen molar-refractivity contribution in [2.45, 2.75) is 44.6 Å². The van der Waals surface area contributed by atoms with Crippen LogP contribution in [0.2, 0.25) is 0 Å². The number of carbonyl (C=O) groups excluding carboxylic acids is 2. The van der Waals surface area contributed by atoms with E-state index in [1.165, 1.54) is 6.07 Å². The molecule has 6 nitrogen and oxygen atoms in total. The fraction of sp³-hybridized carbons (Fsp3) is 0.444. The summed E-state index contributed by atoms with van der Waals surface area (Å²) in [4.78, 5) is 23.5. The van der Waals surface area contributed by atoms with Gasteiger partial charge in [-0.25, -0.2) is 4.39 Å². The summed E-state index contributed by atoms with van der Waals surface area (Å²) < 4.78 is 19.2. The third-order valence-corrected chi connectivity index (χ3v) is 3.93. The van der Waals surface area contributed by atoms with E-state index >= 15 is 0 Å². The maximum atomic E-state index is 13.5. The molecule has 3 N–H and O–H groups in total. The first-order valence-electron chi connectivity index (χ1n) is 8.27. The highest BCUT2D eigenvalue weighted by Gasteiger charge is 2.28. The second kappa shape index (κ2) is 9.29. The van der Waals surface area contributed by atoms with Gasteiger partial charge in [-0.1, -0.05) is 37.3 Å². The smallest absolute Gasteiger partial charge is 0.223 e. The van der Waals surface area contributed by atoms with Gasteiger partial charge in [0.05, 0.1) is 25.2 Å². The van der Waals surface area contributed by atoms with Crippen molar-refractivity contribution >= 4 is 11.8 Å². The van der Waals surface area contributed by atoms with E-state index in [4.69, 9.17) is 4.74 Å². The number of ether oxygens (including phenoxy) is 1. The number of halogens is 1. The number of aliphatic hydroxyl groups is 1. The van der Waals surface area contributed by atoms with Crippen molar-refractivity contribution in [1.29, 1.82) is 0 Å². The fourth-order valence-electron chi connectivity index (χ4n) is 2.51. The predicted octanol–water partition coefficient (Wildman–Crippen LogP) is 1.04. The topological polar surface area (TPSA) is 87.7 Å². The van der Waals surface area contributed by atoms with E-state index in [0.29, 0.717) is 12.0 Å². The van der Waals surface area contributed by atoms with Crippen molar-refractivity contribution < 1.29 is 23.8 Å². The minimum absolute atomic E-state index is 0.0515. The highest BCUT2D eigenvalue weighted by Crippen LogP contribution is 2.16. The van der Waals surface area contributed by atoms with Gasteiger partial charge in [0.2, 0.25) is 11.8 Å². The Balaban J connectivity index is 1.86. The molecule has 1 aromatic rings. The molecule has 0 unspecified atom stereocenters. The Morgan fingerprint density at radius 2 is 2.00 bits per heavy atom. The van der Waals surface area contributed by atoms with Gasteiger partial charge in [-0.05, 0) is 6.07 Å². The molecule has 3 atom stereocenters. The highest BCUT2D eigenvalue weighted by molar-refractivity contribution is 5.77. The Morgan fingerprint density at radius 3 is 2.68 bits per heavy atom. The molecule has 0 fully saturated rings. The standard InChI is InChI=1S/C18H23FN2O4/c1-2-17(23)21-15-8-7-13(25-16(15)11-22)9-18(24)20-10-12-5-3-4-6-14(12)19/h3-8,13,15-16,22H,2,9-11H2,1H3,(H,20,24)(H,21,23)/t13-,15+,16-/m1/s1. The molecule has 0 aliphatic carbocycles. The lowest BCUT2D eigenvalue weighted by Gasteiger charge is -2.31. The lowest BCUT2D eigenvalue weighted by molar-refractivity contribution is -0.128. The molecule has 0 aromatic heterocycles. The molecule has 0 bridgehead atoms. The number of hydrogen-bond donors (Lipinski definition) is 3. The van der Waals surface area contributed by atoms with Gasteiger partial charge in [-0.3, -0.25) is 9.59 Å². The Labute approximate surface area is 146 Å². The van der Waals surface area contributed by atoms with Gasteiger partial charge >= 0.3 is 0 Å². The van der Waals surface area contributed by atoms with Crippen molar-refractivity contribution in [2.24, 2.45) is 0 Å². The lowest BCUT2D eigenvalue weighted by Crippen LogP contribution is -2.48. The lowest BCUT2D eigenvalue weighted by atomic mass is 10.0. The van der Waals surface area contributed by atoms with Crippen LogP contribution in [0.15, 0.2) is 36.4 Å². The number of aliphatic hydroxyl groups excluding tert-OH is 1. The molecule has 25 heavy (non-hydrogen) atoms. The van der Waals surface area contributed by atoms with E-state index < -0.39 is 18.2 Å². The number of nitrogens with one attached hydrogen (secondary N) is 2. The van der Waals surface area contributed by atoms with Gasteiger partial charge in [0.1, 0.15) is 11.9 Å². The zero-order valence-corrected chi connectivity index (χ0v) is 14.1. The summed E-state index contributed by atoms with van der Waals surface area (Å²) >= 11 is 0. The van der Waals surface area contributed by atoms with Crippen LogP contribution in [0, 0.1) is 5.82 Å². The van der Waals surface area contributed by atoms with Crippen LogP contribution in [0.3, 0.4) is 0 Å². The first-order chi connectivity index (χ1) is 12.0. The summed E-state index contributed by atoms with van der Waals surface area (Å²) in [7, 11) is 0. The average Bonchev–Trinajstić information content (AvgIpc) is 2.62. The first-order valence-corrected chi connectivity index (χ1v) is 8.27. The van der Waals surface area contributed by atoms with E-state index in [2.05, 4.69) is 10.6 Å². The molecule has 0 radical (unpaired) electrons. The van der Waals surface area contributed by atoms with Crippen molar-refractivity contribution in [1.82, 2.24) is 10.6 Å². The van der Waals surface area contributed by atoms with Crippen molar-refractivity contribution in [3.63, 3.8) is 0 Å². The van der Waals surface area contributed by atoms with E-state index in [1.807, 2.05) is 0 Å². The van der Waals surface area contributed by atoms with Crippen molar-refractivity contribution in [3.8, 4) is 0 Å². The normalized spacial score (nSPS) is 22.4. The van der Waals surface area contributed by atoms with Crippen LogP contribution in [-0.2, 0) is 20.9 Å². The SMILES string of the molecule is CCC(=O)N[C@H]1C=C[C@H](CC(=O)NCc2ccccc2F)O[C@@H]1CO. The zero-order valence-electron chi connectivity index (χ0n) is 14.1. The molecule has 2 rings (SSSR count). The Kier molecular flexibility index (Phi) is 7.09. The van der Waals surface area contributed by atoms with E-state index in [9.17, 15) is 19.1 Å². The van der Waals surface area contributed by atoms with Crippen LogP contribution >= 0.6 is 0 Å². The molecule has 1 aliphatic rings. The van der Waals surface area contributed by atoms with Crippen molar-refractivity contribution in [2.75, 3.05) is 6.61 Å². The monoisotopic (exact) mass is 350 g/mol. The van der Waals surface area contributed by atoms with Crippen LogP contribution in [0.5, 0.6) is 0 Å². The largest absolute Gasteiger partial charge is 0.394 e. The molecule has 7 heteroatoms.